The van der Waals surface area contributed by atoms with Crippen molar-refractivity contribution >= 4 is 31.9 Å². The zero-order valence-corrected chi connectivity index (χ0v) is 13.6. The van der Waals surface area contributed by atoms with Crippen molar-refractivity contribution in [1.82, 2.24) is 0 Å². The second kappa shape index (κ2) is 7.38. The van der Waals surface area contributed by atoms with Gasteiger partial charge in [0.05, 0.1) is 0 Å². The summed E-state index contributed by atoms with van der Waals surface area (Å²) in [5.41, 5.74) is 0.441. The Morgan fingerprint density at radius 1 is 1.19 bits per heavy atom. The molecular weight excluding hydrogens is 332 g/mol. The fourth-order valence-electron chi connectivity index (χ4n) is 2.77. The molecule has 0 N–H and O–H groups in total. The quantitative estimate of drug-likeness (QED) is 0.631. The average Bonchev–Trinajstić information content (AvgIpc) is 2.29. The molecule has 1 fully saturated rings. The standard InChI is InChI=1S/C13H24Br2O/c1-11(2)7-13(9-14,10-15)8-12-3-5-16-6-4-12/h11-12H,3-10H2,1-2H3. The summed E-state index contributed by atoms with van der Waals surface area (Å²) in [5.74, 6) is 1.64. The molecule has 96 valence electrons. The van der Waals surface area contributed by atoms with Crippen LogP contribution in [0.25, 0.3) is 0 Å². The van der Waals surface area contributed by atoms with E-state index in [2.05, 4.69) is 45.7 Å². The van der Waals surface area contributed by atoms with E-state index in [1.807, 2.05) is 0 Å². The Morgan fingerprint density at radius 3 is 2.19 bits per heavy atom. The molecule has 0 unspecified atom stereocenters. The lowest BCUT2D eigenvalue weighted by molar-refractivity contribution is 0.0501. The van der Waals surface area contributed by atoms with Crippen molar-refractivity contribution < 1.29 is 4.74 Å². The van der Waals surface area contributed by atoms with Crippen LogP contribution in [0.3, 0.4) is 0 Å². The molecule has 0 aromatic heterocycles. The number of hydrogen-bond donors (Lipinski definition) is 0. The van der Waals surface area contributed by atoms with Gasteiger partial charge in [-0.15, -0.1) is 0 Å². The lowest BCUT2D eigenvalue weighted by atomic mass is 9.75. The van der Waals surface area contributed by atoms with Gasteiger partial charge in [-0.05, 0) is 42.9 Å². The molecule has 1 aliphatic heterocycles. The van der Waals surface area contributed by atoms with E-state index in [0.717, 1.165) is 35.7 Å². The highest BCUT2D eigenvalue weighted by atomic mass is 79.9. The van der Waals surface area contributed by atoms with Crippen molar-refractivity contribution in [2.45, 2.75) is 39.5 Å². The molecule has 0 saturated carbocycles. The first-order valence-electron chi connectivity index (χ1n) is 6.31. The van der Waals surface area contributed by atoms with Crippen LogP contribution in [-0.4, -0.2) is 23.9 Å². The van der Waals surface area contributed by atoms with E-state index in [9.17, 15) is 0 Å². The molecule has 1 aliphatic rings. The first-order chi connectivity index (χ1) is 7.62. The van der Waals surface area contributed by atoms with Crippen LogP contribution in [-0.2, 0) is 4.74 Å². The van der Waals surface area contributed by atoms with Crippen LogP contribution in [0, 0.1) is 17.3 Å². The zero-order chi connectivity index (χ0) is 12.0. The Labute approximate surface area is 117 Å². The Kier molecular flexibility index (Phi) is 6.91. The van der Waals surface area contributed by atoms with Crippen LogP contribution >= 0.6 is 31.9 Å². The highest BCUT2D eigenvalue weighted by Crippen LogP contribution is 2.39. The Bertz CT molecular complexity index is 184. The van der Waals surface area contributed by atoms with Gasteiger partial charge in [0.25, 0.3) is 0 Å². The minimum atomic E-state index is 0.441. The maximum atomic E-state index is 5.44. The van der Waals surface area contributed by atoms with Crippen LogP contribution < -0.4 is 0 Å². The minimum absolute atomic E-state index is 0.441. The van der Waals surface area contributed by atoms with Gasteiger partial charge in [-0.3, -0.25) is 0 Å². The third kappa shape index (κ3) is 4.66. The van der Waals surface area contributed by atoms with Crippen LogP contribution in [0.4, 0.5) is 0 Å². The molecule has 3 heteroatoms. The van der Waals surface area contributed by atoms with Gasteiger partial charge in [-0.2, -0.15) is 0 Å². The summed E-state index contributed by atoms with van der Waals surface area (Å²) in [6.07, 6.45) is 5.14. The Hall–Kier alpha value is 0.920. The van der Waals surface area contributed by atoms with Gasteiger partial charge in [-0.1, -0.05) is 45.7 Å². The molecule has 0 atom stereocenters. The van der Waals surface area contributed by atoms with Gasteiger partial charge in [0.1, 0.15) is 0 Å². The molecule has 0 aliphatic carbocycles. The third-order valence-electron chi connectivity index (χ3n) is 3.47. The number of halogens is 2. The SMILES string of the molecule is CC(C)CC(CBr)(CBr)CC1CCOCC1. The Balaban J connectivity index is 2.53. The van der Waals surface area contributed by atoms with Crippen molar-refractivity contribution in [3.05, 3.63) is 0 Å². The normalized spacial score (nSPS) is 19.3. The van der Waals surface area contributed by atoms with E-state index in [1.165, 1.54) is 25.7 Å². The second-order valence-electron chi connectivity index (χ2n) is 5.63. The van der Waals surface area contributed by atoms with E-state index in [1.54, 1.807) is 0 Å². The van der Waals surface area contributed by atoms with Gasteiger partial charge in [0, 0.05) is 23.9 Å². The fourth-order valence-corrected chi connectivity index (χ4v) is 4.61. The largest absolute Gasteiger partial charge is 0.381 e. The molecule has 0 amide bonds. The van der Waals surface area contributed by atoms with Crippen LogP contribution in [0.1, 0.15) is 39.5 Å². The van der Waals surface area contributed by atoms with Crippen LogP contribution in [0.2, 0.25) is 0 Å². The molecule has 0 spiro atoms. The summed E-state index contributed by atoms with van der Waals surface area (Å²) >= 11 is 7.45. The summed E-state index contributed by atoms with van der Waals surface area (Å²) in [6.45, 7) is 6.58. The van der Waals surface area contributed by atoms with Crippen LogP contribution in [0.15, 0.2) is 0 Å². The fraction of sp³-hybridized carbons (Fsp3) is 1.00. The van der Waals surface area contributed by atoms with E-state index in [0.29, 0.717) is 5.41 Å². The number of alkyl halides is 2. The smallest absolute Gasteiger partial charge is 0.0468 e. The van der Waals surface area contributed by atoms with E-state index >= 15 is 0 Å². The molecule has 1 saturated heterocycles. The minimum Gasteiger partial charge on any atom is -0.381 e. The highest BCUT2D eigenvalue weighted by molar-refractivity contribution is 9.09. The molecule has 0 bridgehead atoms. The van der Waals surface area contributed by atoms with Gasteiger partial charge in [-0.25, -0.2) is 0 Å². The maximum Gasteiger partial charge on any atom is 0.0468 e. The maximum absolute atomic E-state index is 5.44. The summed E-state index contributed by atoms with van der Waals surface area (Å²) in [5, 5.41) is 2.22. The van der Waals surface area contributed by atoms with E-state index < -0.39 is 0 Å². The lowest BCUT2D eigenvalue weighted by Crippen LogP contribution is -2.31. The van der Waals surface area contributed by atoms with Crippen LogP contribution in [0.5, 0.6) is 0 Å². The monoisotopic (exact) mass is 354 g/mol. The third-order valence-corrected chi connectivity index (χ3v) is 5.85. The van der Waals surface area contributed by atoms with E-state index in [-0.39, 0.29) is 0 Å². The summed E-state index contributed by atoms with van der Waals surface area (Å²) in [7, 11) is 0. The van der Waals surface area contributed by atoms with Gasteiger partial charge in [0.2, 0.25) is 0 Å². The number of rotatable bonds is 6. The Morgan fingerprint density at radius 2 is 1.75 bits per heavy atom. The predicted octanol–water partition coefficient (Wildman–Crippen LogP) is 4.63. The van der Waals surface area contributed by atoms with Crippen molar-refractivity contribution in [3.63, 3.8) is 0 Å². The second-order valence-corrected chi connectivity index (χ2v) is 6.75. The van der Waals surface area contributed by atoms with Gasteiger partial charge < -0.3 is 4.74 Å². The van der Waals surface area contributed by atoms with Crippen molar-refractivity contribution in [1.29, 1.82) is 0 Å². The first kappa shape index (κ1) is 15.0. The van der Waals surface area contributed by atoms with Crippen molar-refractivity contribution in [2.75, 3.05) is 23.9 Å². The summed E-state index contributed by atoms with van der Waals surface area (Å²) in [6, 6.07) is 0. The topological polar surface area (TPSA) is 9.23 Å². The summed E-state index contributed by atoms with van der Waals surface area (Å²) < 4.78 is 5.44. The van der Waals surface area contributed by atoms with Crippen molar-refractivity contribution in [2.24, 2.45) is 17.3 Å². The first-order valence-corrected chi connectivity index (χ1v) is 8.56. The lowest BCUT2D eigenvalue weighted by Gasteiger charge is -2.36. The van der Waals surface area contributed by atoms with Gasteiger partial charge >= 0.3 is 0 Å². The molecular formula is C13H24Br2O. The molecule has 1 nitrogen and oxygen atoms in total. The van der Waals surface area contributed by atoms with E-state index in [4.69, 9.17) is 4.74 Å². The molecule has 0 aromatic carbocycles. The molecule has 1 rings (SSSR count). The zero-order valence-electron chi connectivity index (χ0n) is 10.5. The number of hydrogen-bond acceptors (Lipinski definition) is 1. The molecule has 0 radical (unpaired) electrons. The number of ether oxygens (including phenoxy) is 1. The highest BCUT2D eigenvalue weighted by Gasteiger charge is 2.32. The average molecular weight is 356 g/mol. The molecule has 0 aromatic rings. The van der Waals surface area contributed by atoms with Gasteiger partial charge in [0.15, 0.2) is 0 Å². The summed E-state index contributed by atoms with van der Waals surface area (Å²) in [4.78, 5) is 0. The molecule has 1 heterocycles. The predicted molar refractivity (Wildman–Crippen MR) is 77.6 cm³/mol. The van der Waals surface area contributed by atoms with Crippen molar-refractivity contribution in [3.8, 4) is 0 Å². The molecule has 16 heavy (non-hydrogen) atoms.